The molecule has 2 aromatic heterocycles. The van der Waals surface area contributed by atoms with E-state index >= 15 is 0 Å². The Morgan fingerprint density at radius 3 is 3.06 bits per heavy atom. The lowest BCUT2D eigenvalue weighted by molar-refractivity contribution is 0.623. The largest absolute Gasteiger partial charge is 0.363 e. The molecule has 0 aromatic carbocycles. The molecule has 0 aliphatic heterocycles. The number of nitrogens with one attached hydrogen (secondary N) is 1. The van der Waals surface area contributed by atoms with E-state index in [1.807, 2.05) is 0 Å². The zero-order valence-corrected chi connectivity index (χ0v) is 11.7. The van der Waals surface area contributed by atoms with Crippen LogP contribution in [0.4, 0.5) is 10.2 Å². The van der Waals surface area contributed by atoms with Crippen molar-refractivity contribution in [3.05, 3.63) is 44.4 Å². The summed E-state index contributed by atoms with van der Waals surface area (Å²) in [5.41, 5.74) is 1.31. The Bertz CT molecular complexity index is 513. The van der Waals surface area contributed by atoms with Gasteiger partial charge >= 0.3 is 0 Å². The number of halogens is 2. The number of aromatic nitrogens is 1. The number of aryl methyl sites for hydroxylation is 1. The topological polar surface area (TPSA) is 24.9 Å². The first-order valence-corrected chi connectivity index (χ1v) is 6.98. The normalized spacial score (nSPS) is 10.5. The second-order valence-electron chi connectivity index (χ2n) is 3.56. The van der Waals surface area contributed by atoms with E-state index < -0.39 is 0 Å². The molecule has 0 radical (unpaired) electrons. The molecule has 1 N–H and O–H groups in total. The second kappa shape index (κ2) is 5.60. The maximum Gasteiger partial charge on any atom is 0.166 e. The minimum Gasteiger partial charge on any atom is -0.363 e. The van der Waals surface area contributed by atoms with Crippen molar-refractivity contribution in [2.45, 2.75) is 19.9 Å². The highest BCUT2D eigenvalue weighted by Crippen LogP contribution is 2.20. The maximum atomic E-state index is 13.5. The number of nitrogens with zero attached hydrogens (tertiary/aromatic N) is 1. The highest BCUT2D eigenvalue weighted by Gasteiger charge is 2.06. The third-order valence-electron chi connectivity index (χ3n) is 2.44. The number of hydrogen-bond acceptors (Lipinski definition) is 3. The third-order valence-corrected chi connectivity index (χ3v) is 3.84. The van der Waals surface area contributed by atoms with Crippen LogP contribution in [0.25, 0.3) is 0 Å². The molecule has 0 aliphatic rings. The molecule has 17 heavy (non-hydrogen) atoms. The number of pyridine rings is 1. The van der Waals surface area contributed by atoms with Crippen molar-refractivity contribution < 1.29 is 4.39 Å². The fraction of sp³-hybridized carbons (Fsp3) is 0.250. The lowest BCUT2D eigenvalue weighted by Crippen LogP contribution is -2.03. The molecule has 0 fully saturated rings. The summed E-state index contributed by atoms with van der Waals surface area (Å²) in [6, 6.07) is 3.51. The van der Waals surface area contributed by atoms with Gasteiger partial charge in [0.15, 0.2) is 11.6 Å². The van der Waals surface area contributed by atoms with E-state index in [1.165, 1.54) is 16.5 Å². The quantitative estimate of drug-likeness (QED) is 0.914. The van der Waals surface area contributed by atoms with Crippen molar-refractivity contribution in [1.29, 1.82) is 0 Å². The van der Waals surface area contributed by atoms with Crippen LogP contribution in [0.3, 0.4) is 0 Å². The predicted molar refractivity (Wildman–Crippen MR) is 72.9 cm³/mol. The molecule has 5 heteroatoms. The summed E-state index contributed by atoms with van der Waals surface area (Å²) in [5, 5.41) is 5.08. The highest BCUT2D eigenvalue weighted by molar-refractivity contribution is 9.10. The third kappa shape index (κ3) is 3.04. The lowest BCUT2D eigenvalue weighted by Gasteiger charge is -2.06. The van der Waals surface area contributed by atoms with Crippen molar-refractivity contribution in [3.8, 4) is 0 Å². The first-order chi connectivity index (χ1) is 8.20. The summed E-state index contributed by atoms with van der Waals surface area (Å²) >= 11 is 4.86. The number of hydrogen-bond donors (Lipinski definition) is 1. The Morgan fingerprint density at radius 1 is 1.53 bits per heavy atom. The minimum atomic E-state index is -0.339. The SMILES string of the molecule is CCc1ccsc1CNc1ncc(Br)cc1F. The molecule has 0 spiro atoms. The lowest BCUT2D eigenvalue weighted by atomic mass is 10.2. The van der Waals surface area contributed by atoms with E-state index in [0.29, 0.717) is 16.8 Å². The maximum absolute atomic E-state index is 13.5. The van der Waals surface area contributed by atoms with Crippen LogP contribution < -0.4 is 5.32 Å². The van der Waals surface area contributed by atoms with Crippen LogP contribution in [-0.2, 0) is 13.0 Å². The molecule has 0 saturated heterocycles. The van der Waals surface area contributed by atoms with Gasteiger partial charge in [-0.3, -0.25) is 0 Å². The van der Waals surface area contributed by atoms with Gasteiger partial charge in [-0.25, -0.2) is 9.37 Å². The fourth-order valence-corrected chi connectivity index (χ4v) is 2.76. The molecular weight excluding hydrogens is 303 g/mol. The van der Waals surface area contributed by atoms with Gasteiger partial charge in [-0.15, -0.1) is 11.3 Å². The van der Waals surface area contributed by atoms with Crippen LogP contribution in [0.5, 0.6) is 0 Å². The van der Waals surface area contributed by atoms with Gasteiger partial charge in [0.25, 0.3) is 0 Å². The van der Waals surface area contributed by atoms with E-state index in [4.69, 9.17) is 0 Å². The summed E-state index contributed by atoms with van der Waals surface area (Å²) in [7, 11) is 0. The Morgan fingerprint density at radius 2 is 2.35 bits per heavy atom. The van der Waals surface area contributed by atoms with Crippen molar-refractivity contribution in [2.24, 2.45) is 0 Å². The summed E-state index contributed by atoms with van der Waals surface area (Å²) in [4.78, 5) is 5.24. The predicted octanol–water partition coefficient (Wildman–Crippen LogP) is 4.22. The van der Waals surface area contributed by atoms with Crippen molar-refractivity contribution in [2.75, 3.05) is 5.32 Å². The minimum absolute atomic E-state index is 0.295. The molecule has 90 valence electrons. The van der Waals surface area contributed by atoms with E-state index in [0.717, 1.165) is 6.42 Å². The van der Waals surface area contributed by atoms with Gasteiger partial charge in [-0.05, 0) is 45.4 Å². The monoisotopic (exact) mass is 314 g/mol. The van der Waals surface area contributed by atoms with E-state index in [-0.39, 0.29) is 5.82 Å². The first-order valence-electron chi connectivity index (χ1n) is 5.31. The van der Waals surface area contributed by atoms with Crippen LogP contribution in [0.15, 0.2) is 28.2 Å². The molecule has 2 nitrogen and oxygen atoms in total. The van der Waals surface area contributed by atoms with Gasteiger partial charge in [0, 0.05) is 15.5 Å². The summed E-state index contributed by atoms with van der Waals surface area (Å²) in [5.74, 6) is -0.0439. The molecular formula is C12H12BrFN2S. The van der Waals surface area contributed by atoms with Crippen molar-refractivity contribution >= 4 is 33.1 Å². The Labute approximate surface area is 112 Å². The Balaban J connectivity index is 2.07. The van der Waals surface area contributed by atoms with Gasteiger partial charge in [0.05, 0.1) is 6.54 Å². The molecule has 0 aliphatic carbocycles. The smallest absolute Gasteiger partial charge is 0.166 e. The highest BCUT2D eigenvalue weighted by atomic mass is 79.9. The average molecular weight is 315 g/mol. The molecule has 0 saturated carbocycles. The molecule has 2 aromatic rings. The van der Waals surface area contributed by atoms with Crippen LogP contribution in [0.1, 0.15) is 17.4 Å². The molecule has 2 rings (SSSR count). The number of rotatable bonds is 4. The fourth-order valence-electron chi connectivity index (χ4n) is 1.55. The summed E-state index contributed by atoms with van der Waals surface area (Å²) < 4.78 is 14.2. The first kappa shape index (κ1) is 12.5. The zero-order valence-electron chi connectivity index (χ0n) is 9.34. The van der Waals surface area contributed by atoms with Gasteiger partial charge in [0.1, 0.15) is 0 Å². The van der Waals surface area contributed by atoms with Gasteiger partial charge < -0.3 is 5.32 Å². The van der Waals surface area contributed by atoms with E-state index in [9.17, 15) is 4.39 Å². The average Bonchev–Trinajstić information content (AvgIpc) is 2.75. The van der Waals surface area contributed by atoms with Crippen molar-refractivity contribution in [1.82, 2.24) is 4.98 Å². The standard InChI is InChI=1S/C12H12BrFN2S/c1-2-8-3-4-17-11(8)7-16-12-10(14)5-9(13)6-15-12/h3-6H,2,7H2,1H3,(H,15,16). The Kier molecular flexibility index (Phi) is 4.12. The number of anilines is 1. The van der Waals surface area contributed by atoms with Crippen LogP contribution in [0, 0.1) is 5.82 Å². The van der Waals surface area contributed by atoms with E-state index in [1.54, 1.807) is 17.5 Å². The van der Waals surface area contributed by atoms with Gasteiger partial charge in [-0.1, -0.05) is 6.92 Å². The van der Waals surface area contributed by atoms with Crippen molar-refractivity contribution in [3.63, 3.8) is 0 Å². The number of thiophene rings is 1. The zero-order chi connectivity index (χ0) is 12.3. The van der Waals surface area contributed by atoms with Crippen LogP contribution >= 0.6 is 27.3 Å². The summed E-state index contributed by atoms with van der Waals surface area (Å²) in [6.07, 6.45) is 2.58. The molecule has 2 heterocycles. The molecule has 0 unspecified atom stereocenters. The van der Waals surface area contributed by atoms with Gasteiger partial charge in [0.2, 0.25) is 0 Å². The second-order valence-corrected chi connectivity index (χ2v) is 5.48. The molecule has 0 bridgehead atoms. The van der Waals surface area contributed by atoms with E-state index in [2.05, 4.69) is 44.6 Å². The molecule has 0 atom stereocenters. The van der Waals surface area contributed by atoms with Crippen LogP contribution in [-0.4, -0.2) is 4.98 Å². The van der Waals surface area contributed by atoms with Gasteiger partial charge in [-0.2, -0.15) is 0 Å². The van der Waals surface area contributed by atoms with Crippen LogP contribution in [0.2, 0.25) is 0 Å². The molecule has 0 amide bonds. The Hall–Kier alpha value is -0.940. The summed E-state index contributed by atoms with van der Waals surface area (Å²) in [6.45, 7) is 2.73.